The summed E-state index contributed by atoms with van der Waals surface area (Å²) in [6.45, 7) is 8.02. The molecule has 1 aliphatic heterocycles. The molecule has 20 heavy (non-hydrogen) atoms. The summed E-state index contributed by atoms with van der Waals surface area (Å²) in [7, 11) is 0. The van der Waals surface area contributed by atoms with Gasteiger partial charge in [0.2, 0.25) is 0 Å². The van der Waals surface area contributed by atoms with E-state index in [9.17, 15) is 0 Å². The Hall–Kier alpha value is -0.860. The molecule has 2 heteroatoms. The molecule has 1 saturated carbocycles. The highest BCUT2D eigenvalue weighted by atomic mass is 15.2. The molecule has 2 fully saturated rings. The standard InChI is InChI=1S/C18H28N2/c1-15-7-6-8-17(11-15)13-20-14-18(19-12-16(20)2)9-4-3-5-10-18/h6-8,11,16,19H,3-5,9-10,12-14H2,1-2H3. The molecule has 0 radical (unpaired) electrons. The molecule has 1 aromatic rings. The van der Waals surface area contributed by atoms with Crippen molar-refractivity contribution in [2.75, 3.05) is 13.1 Å². The number of rotatable bonds is 2. The first-order valence-corrected chi connectivity index (χ1v) is 8.22. The van der Waals surface area contributed by atoms with Crippen molar-refractivity contribution in [1.82, 2.24) is 10.2 Å². The summed E-state index contributed by atoms with van der Waals surface area (Å²) in [5.41, 5.74) is 3.25. The molecule has 1 heterocycles. The highest BCUT2D eigenvalue weighted by Crippen LogP contribution is 2.32. The minimum absolute atomic E-state index is 0.411. The summed E-state index contributed by atoms with van der Waals surface area (Å²) in [5.74, 6) is 0. The van der Waals surface area contributed by atoms with Crippen molar-refractivity contribution in [3.63, 3.8) is 0 Å². The molecule has 3 rings (SSSR count). The summed E-state index contributed by atoms with van der Waals surface area (Å²) in [6, 6.07) is 9.63. The number of nitrogens with zero attached hydrogens (tertiary/aromatic N) is 1. The predicted molar refractivity (Wildman–Crippen MR) is 84.9 cm³/mol. The van der Waals surface area contributed by atoms with E-state index in [0.29, 0.717) is 11.6 Å². The predicted octanol–water partition coefficient (Wildman–Crippen LogP) is 3.49. The molecular weight excluding hydrogens is 244 g/mol. The van der Waals surface area contributed by atoms with E-state index in [0.717, 1.165) is 13.1 Å². The average Bonchev–Trinajstić information content (AvgIpc) is 2.44. The van der Waals surface area contributed by atoms with Crippen LogP contribution in [0.25, 0.3) is 0 Å². The Morgan fingerprint density at radius 3 is 2.80 bits per heavy atom. The average molecular weight is 272 g/mol. The molecule has 2 nitrogen and oxygen atoms in total. The van der Waals surface area contributed by atoms with Gasteiger partial charge in [-0.05, 0) is 32.3 Å². The Morgan fingerprint density at radius 1 is 1.25 bits per heavy atom. The lowest BCUT2D eigenvalue weighted by Gasteiger charge is -2.49. The SMILES string of the molecule is Cc1cccc(CN2CC3(CCCCC3)NCC2C)c1. The van der Waals surface area contributed by atoms with Crippen LogP contribution in [0.4, 0.5) is 0 Å². The normalized spacial score (nSPS) is 26.8. The lowest BCUT2D eigenvalue weighted by molar-refractivity contribution is 0.0573. The highest BCUT2D eigenvalue weighted by molar-refractivity contribution is 5.22. The Morgan fingerprint density at radius 2 is 2.05 bits per heavy atom. The summed E-state index contributed by atoms with van der Waals surface area (Å²) in [5, 5.41) is 3.87. The lowest BCUT2D eigenvalue weighted by atomic mass is 9.79. The number of hydrogen-bond acceptors (Lipinski definition) is 2. The summed E-state index contributed by atoms with van der Waals surface area (Å²) in [4.78, 5) is 2.69. The number of piperazine rings is 1. The van der Waals surface area contributed by atoms with Crippen LogP contribution in [-0.4, -0.2) is 29.6 Å². The maximum Gasteiger partial charge on any atom is 0.0309 e. The number of aryl methyl sites for hydroxylation is 1. The number of nitrogens with one attached hydrogen (secondary N) is 1. The molecule has 0 bridgehead atoms. The molecule has 2 aliphatic rings. The van der Waals surface area contributed by atoms with Gasteiger partial charge in [-0.2, -0.15) is 0 Å². The van der Waals surface area contributed by atoms with E-state index in [-0.39, 0.29) is 0 Å². The van der Waals surface area contributed by atoms with Crippen LogP contribution >= 0.6 is 0 Å². The van der Waals surface area contributed by atoms with Crippen molar-refractivity contribution < 1.29 is 0 Å². The van der Waals surface area contributed by atoms with E-state index in [4.69, 9.17) is 0 Å². The van der Waals surface area contributed by atoms with Crippen molar-refractivity contribution in [1.29, 1.82) is 0 Å². The maximum absolute atomic E-state index is 3.87. The van der Waals surface area contributed by atoms with Gasteiger partial charge in [0, 0.05) is 31.2 Å². The third kappa shape index (κ3) is 3.07. The fraction of sp³-hybridized carbons (Fsp3) is 0.667. The van der Waals surface area contributed by atoms with E-state index in [1.807, 2.05) is 0 Å². The van der Waals surface area contributed by atoms with E-state index >= 15 is 0 Å². The summed E-state index contributed by atoms with van der Waals surface area (Å²) >= 11 is 0. The quantitative estimate of drug-likeness (QED) is 0.886. The first-order chi connectivity index (χ1) is 9.67. The highest BCUT2D eigenvalue weighted by Gasteiger charge is 2.38. The van der Waals surface area contributed by atoms with Gasteiger partial charge < -0.3 is 5.32 Å². The van der Waals surface area contributed by atoms with Crippen molar-refractivity contribution in [2.45, 2.75) is 64.1 Å². The van der Waals surface area contributed by atoms with E-state index in [1.54, 1.807) is 0 Å². The smallest absolute Gasteiger partial charge is 0.0309 e. The van der Waals surface area contributed by atoms with Crippen LogP contribution in [0, 0.1) is 6.92 Å². The third-order valence-corrected chi connectivity index (χ3v) is 5.18. The van der Waals surface area contributed by atoms with E-state index in [2.05, 4.69) is 48.3 Å². The maximum atomic E-state index is 3.87. The Labute approximate surface area is 123 Å². The van der Waals surface area contributed by atoms with Crippen LogP contribution in [0.15, 0.2) is 24.3 Å². The molecular formula is C18H28N2. The second-order valence-electron chi connectivity index (χ2n) is 6.96. The molecule has 1 atom stereocenters. The zero-order chi connectivity index (χ0) is 14.0. The molecule has 1 aliphatic carbocycles. The zero-order valence-electron chi connectivity index (χ0n) is 13.0. The fourth-order valence-electron chi connectivity index (χ4n) is 3.91. The van der Waals surface area contributed by atoms with Gasteiger partial charge in [-0.3, -0.25) is 4.90 Å². The van der Waals surface area contributed by atoms with Gasteiger partial charge in [-0.1, -0.05) is 49.1 Å². The molecule has 0 amide bonds. The van der Waals surface area contributed by atoms with Crippen LogP contribution in [0.5, 0.6) is 0 Å². The monoisotopic (exact) mass is 272 g/mol. The molecule has 1 unspecified atom stereocenters. The van der Waals surface area contributed by atoms with Crippen LogP contribution in [0.2, 0.25) is 0 Å². The first kappa shape index (κ1) is 14.1. The first-order valence-electron chi connectivity index (χ1n) is 8.22. The van der Waals surface area contributed by atoms with Gasteiger partial charge >= 0.3 is 0 Å². The Balaban J connectivity index is 1.70. The minimum atomic E-state index is 0.411. The van der Waals surface area contributed by atoms with Crippen LogP contribution in [0.3, 0.4) is 0 Å². The molecule has 1 aromatic carbocycles. The van der Waals surface area contributed by atoms with E-state index in [1.165, 1.54) is 49.8 Å². The van der Waals surface area contributed by atoms with Crippen LogP contribution < -0.4 is 5.32 Å². The molecule has 0 aromatic heterocycles. The van der Waals surface area contributed by atoms with Crippen molar-refractivity contribution in [2.24, 2.45) is 0 Å². The van der Waals surface area contributed by atoms with Gasteiger partial charge in [-0.15, -0.1) is 0 Å². The molecule has 110 valence electrons. The van der Waals surface area contributed by atoms with Gasteiger partial charge in [-0.25, -0.2) is 0 Å². The van der Waals surface area contributed by atoms with Crippen molar-refractivity contribution in [3.8, 4) is 0 Å². The zero-order valence-corrected chi connectivity index (χ0v) is 13.0. The number of hydrogen-bond donors (Lipinski definition) is 1. The van der Waals surface area contributed by atoms with E-state index < -0.39 is 0 Å². The fourth-order valence-corrected chi connectivity index (χ4v) is 3.91. The van der Waals surface area contributed by atoms with Gasteiger partial charge in [0.15, 0.2) is 0 Å². The topological polar surface area (TPSA) is 15.3 Å². The van der Waals surface area contributed by atoms with Gasteiger partial charge in [0.05, 0.1) is 0 Å². The second-order valence-corrected chi connectivity index (χ2v) is 6.96. The molecule has 1 N–H and O–H groups in total. The van der Waals surface area contributed by atoms with Crippen molar-refractivity contribution >= 4 is 0 Å². The number of benzene rings is 1. The largest absolute Gasteiger partial charge is 0.308 e. The summed E-state index contributed by atoms with van der Waals surface area (Å²) < 4.78 is 0. The van der Waals surface area contributed by atoms with Gasteiger partial charge in [0.1, 0.15) is 0 Å². The lowest BCUT2D eigenvalue weighted by Crippen LogP contribution is -2.63. The van der Waals surface area contributed by atoms with Crippen LogP contribution in [0.1, 0.15) is 50.2 Å². The minimum Gasteiger partial charge on any atom is -0.308 e. The molecule has 1 saturated heterocycles. The second kappa shape index (κ2) is 5.87. The Bertz CT molecular complexity index is 448. The summed E-state index contributed by atoms with van der Waals surface area (Å²) in [6.07, 6.45) is 6.96. The van der Waals surface area contributed by atoms with Crippen molar-refractivity contribution in [3.05, 3.63) is 35.4 Å². The Kier molecular flexibility index (Phi) is 4.13. The van der Waals surface area contributed by atoms with Crippen LogP contribution in [-0.2, 0) is 6.54 Å². The molecule has 1 spiro atoms. The van der Waals surface area contributed by atoms with Gasteiger partial charge in [0.25, 0.3) is 0 Å². The third-order valence-electron chi connectivity index (χ3n) is 5.18.